The molecule has 0 fully saturated rings. The molecular formula is C10H10N2O3S. The topological polar surface area (TPSA) is 90.2 Å². The summed E-state index contributed by atoms with van der Waals surface area (Å²) < 4.78 is 0. The molecule has 1 aromatic heterocycles. The SMILES string of the molecule is N#Cc1ccsc1NC(=O)CCCC(=O)O. The zero-order chi connectivity index (χ0) is 12.0. The van der Waals surface area contributed by atoms with Crippen LogP contribution in [-0.4, -0.2) is 17.0 Å². The number of hydrogen-bond acceptors (Lipinski definition) is 4. The number of nitrogens with one attached hydrogen (secondary N) is 1. The summed E-state index contributed by atoms with van der Waals surface area (Å²) in [6, 6.07) is 3.58. The third kappa shape index (κ3) is 3.71. The summed E-state index contributed by atoms with van der Waals surface area (Å²) in [4.78, 5) is 21.6. The summed E-state index contributed by atoms with van der Waals surface area (Å²) in [5, 5.41) is 21.9. The molecule has 5 nitrogen and oxygen atoms in total. The normalized spacial score (nSPS) is 9.44. The maximum absolute atomic E-state index is 11.4. The highest BCUT2D eigenvalue weighted by molar-refractivity contribution is 7.14. The number of carboxylic acid groups (broad SMARTS) is 1. The van der Waals surface area contributed by atoms with Gasteiger partial charge >= 0.3 is 5.97 Å². The number of hydrogen-bond donors (Lipinski definition) is 2. The Balaban J connectivity index is 2.40. The van der Waals surface area contributed by atoms with E-state index >= 15 is 0 Å². The van der Waals surface area contributed by atoms with Crippen molar-refractivity contribution in [1.29, 1.82) is 5.26 Å². The number of thiophene rings is 1. The minimum atomic E-state index is -0.915. The first-order chi connectivity index (χ1) is 7.63. The van der Waals surface area contributed by atoms with E-state index in [1.54, 1.807) is 11.4 Å². The molecule has 6 heteroatoms. The van der Waals surface area contributed by atoms with Crippen molar-refractivity contribution in [3.63, 3.8) is 0 Å². The predicted molar refractivity (Wildman–Crippen MR) is 59.2 cm³/mol. The fourth-order valence-corrected chi connectivity index (χ4v) is 1.84. The summed E-state index contributed by atoms with van der Waals surface area (Å²) in [6.07, 6.45) is 0.423. The number of carbonyl (C=O) groups excluding carboxylic acids is 1. The fraction of sp³-hybridized carbons (Fsp3) is 0.300. The Labute approximate surface area is 96.3 Å². The van der Waals surface area contributed by atoms with Crippen molar-refractivity contribution in [2.45, 2.75) is 19.3 Å². The lowest BCUT2D eigenvalue weighted by molar-refractivity contribution is -0.137. The van der Waals surface area contributed by atoms with E-state index in [0.717, 1.165) is 0 Å². The van der Waals surface area contributed by atoms with Crippen LogP contribution in [0, 0.1) is 11.3 Å². The Morgan fingerprint density at radius 3 is 2.88 bits per heavy atom. The van der Waals surface area contributed by atoms with Crippen LogP contribution in [0.15, 0.2) is 11.4 Å². The molecular weight excluding hydrogens is 228 g/mol. The van der Waals surface area contributed by atoms with Gasteiger partial charge in [-0.3, -0.25) is 9.59 Å². The second kappa shape index (κ2) is 5.88. The number of carboxylic acids is 1. The highest BCUT2D eigenvalue weighted by atomic mass is 32.1. The second-order valence-electron chi connectivity index (χ2n) is 3.07. The van der Waals surface area contributed by atoms with Crippen LogP contribution in [0.1, 0.15) is 24.8 Å². The monoisotopic (exact) mass is 238 g/mol. The molecule has 0 aliphatic heterocycles. The molecule has 1 rings (SSSR count). The van der Waals surface area contributed by atoms with Gasteiger partial charge in [0.15, 0.2) is 0 Å². The van der Waals surface area contributed by atoms with Crippen molar-refractivity contribution >= 4 is 28.2 Å². The van der Waals surface area contributed by atoms with Crippen LogP contribution in [0.5, 0.6) is 0 Å². The van der Waals surface area contributed by atoms with E-state index in [9.17, 15) is 9.59 Å². The molecule has 0 aromatic carbocycles. The Kier molecular flexibility index (Phi) is 4.48. The Bertz CT molecular complexity index is 434. The van der Waals surface area contributed by atoms with Gasteiger partial charge in [-0.05, 0) is 17.9 Å². The molecule has 1 amide bonds. The summed E-state index contributed by atoms with van der Waals surface area (Å²) in [5.41, 5.74) is 0.427. The number of nitriles is 1. The Hall–Kier alpha value is -1.87. The average molecular weight is 238 g/mol. The van der Waals surface area contributed by atoms with Crippen LogP contribution in [0.3, 0.4) is 0 Å². The lowest BCUT2D eigenvalue weighted by atomic mass is 10.2. The summed E-state index contributed by atoms with van der Waals surface area (Å²) in [7, 11) is 0. The summed E-state index contributed by atoms with van der Waals surface area (Å²) in [5.74, 6) is -1.18. The fourth-order valence-electron chi connectivity index (χ4n) is 1.08. The van der Waals surface area contributed by atoms with Crippen molar-refractivity contribution in [3.8, 4) is 6.07 Å². The average Bonchev–Trinajstić information content (AvgIpc) is 2.64. The van der Waals surface area contributed by atoms with Crippen LogP contribution < -0.4 is 5.32 Å². The van der Waals surface area contributed by atoms with Gasteiger partial charge in [0.05, 0.1) is 5.56 Å². The number of rotatable bonds is 5. The minimum absolute atomic E-state index is 0.0248. The van der Waals surface area contributed by atoms with E-state index in [0.29, 0.717) is 17.0 Å². The van der Waals surface area contributed by atoms with Gasteiger partial charge in [-0.15, -0.1) is 11.3 Å². The molecule has 1 aromatic rings. The summed E-state index contributed by atoms with van der Waals surface area (Å²) >= 11 is 1.27. The van der Waals surface area contributed by atoms with E-state index in [1.165, 1.54) is 11.3 Å². The van der Waals surface area contributed by atoms with E-state index in [-0.39, 0.29) is 18.7 Å². The molecule has 0 saturated heterocycles. The maximum atomic E-state index is 11.4. The zero-order valence-corrected chi connectivity index (χ0v) is 9.21. The van der Waals surface area contributed by atoms with Gasteiger partial charge < -0.3 is 10.4 Å². The molecule has 0 atom stereocenters. The van der Waals surface area contributed by atoms with Gasteiger partial charge in [-0.2, -0.15) is 5.26 Å². The Morgan fingerprint density at radius 2 is 2.25 bits per heavy atom. The molecule has 2 N–H and O–H groups in total. The zero-order valence-electron chi connectivity index (χ0n) is 8.40. The highest BCUT2D eigenvalue weighted by Crippen LogP contribution is 2.22. The maximum Gasteiger partial charge on any atom is 0.303 e. The molecule has 84 valence electrons. The standard InChI is InChI=1S/C10H10N2O3S/c11-6-7-4-5-16-10(7)12-8(13)2-1-3-9(14)15/h4-5H,1-3H2,(H,12,13)(H,14,15). The lowest BCUT2D eigenvalue weighted by Crippen LogP contribution is -2.11. The number of carbonyl (C=O) groups is 2. The molecule has 16 heavy (non-hydrogen) atoms. The summed E-state index contributed by atoms with van der Waals surface area (Å²) in [6.45, 7) is 0. The molecule has 0 aliphatic rings. The molecule has 0 bridgehead atoms. The third-order valence-corrected chi connectivity index (χ3v) is 2.66. The van der Waals surface area contributed by atoms with E-state index < -0.39 is 5.97 Å². The molecule has 0 aliphatic carbocycles. The third-order valence-electron chi connectivity index (χ3n) is 1.83. The van der Waals surface area contributed by atoms with Gasteiger partial charge in [0.25, 0.3) is 0 Å². The Morgan fingerprint density at radius 1 is 1.50 bits per heavy atom. The van der Waals surface area contributed by atoms with Crippen molar-refractivity contribution < 1.29 is 14.7 Å². The predicted octanol–water partition coefficient (Wildman–Crippen LogP) is 1.81. The van der Waals surface area contributed by atoms with E-state index in [2.05, 4.69) is 5.32 Å². The largest absolute Gasteiger partial charge is 0.481 e. The molecule has 1 heterocycles. The van der Waals surface area contributed by atoms with Crippen LogP contribution in [-0.2, 0) is 9.59 Å². The van der Waals surface area contributed by atoms with Crippen LogP contribution >= 0.6 is 11.3 Å². The molecule has 0 unspecified atom stereocenters. The van der Waals surface area contributed by atoms with Gasteiger partial charge in [0.2, 0.25) is 5.91 Å². The number of nitrogens with zero attached hydrogens (tertiary/aromatic N) is 1. The molecule has 0 spiro atoms. The van der Waals surface area contributed by atoms with Gasteiger partial charge in [0.1, 0.15) is 11.1 Å². The highest BCUT2D eigenvalue weighted by Gasteiger charge is 2.08. The van der Waals surface area contributed by atoms with Gasteiger partial charge in [-0.25, -0.2) is 0 Å². The van der Waals surface area contributed by atoms with Gasteiger partial charge in [0, 0.05) is 12.8 Å². The first-order valence-electron chi connectivity index (χ1n) is 4.62. The van der Waals surface area contributed by atoms with Crippen LogP contribution in [0.2, 0.25) is 0 Å². The van der Waals surface area contributed by atoms with Crippen LogP contribution in [0.25, 0.3) is 0 Å². The first-order valence-corrected chi connectivity index (χ1v) is 5.50. The van der Waals surface area contributed by atoms with Crippen molar-refractivity contribution in [2.24, 2.45) is 0 Å². The molecule has 0 saturated carbocycles. The van der Waals surface area contributed by atoms with Crippen molar-refractivity contribution in [3.05, 3.63) is 17.0 Å². The van der Waals surface area contributed by atoms with Gasteiger partial charge in [-0.1, -0.05) is 0 Å². The smallest absolute Gasteiger partial charge is 0.303 e. The number of aliphatic carboxylic acids is 1. The quantitative estimate of drug-likeness (QED) is 0.818. The second-order valence-corrected chi connectivity index (χ2v) is 3.99. The number of anilines is 1. The van der Waals surface area contributed by atoms with E-state index in [1.807, 2.05) is 6.07 Å². The first kappa shape index (κ1) is 12.2. The van der Waals surface area contributed by atoms with Crippen molar-refractivity contribution in [1.82, 2.24) is 0 Å². The minimum Gasteiger partial charge on any atom is -0.481 e. The van der Waals surface area contributed by atoms with E-state index in [4.69, 9.17) is 10.4 Å². The molecule has 0 radical (unpaired) electrons. The lowest BCUT2D eigenvalue weighted by Gasteiger charge is -2.01. The van der Waals surface area contributed by atoms with Crippen LogP contribution in [0.4, 0.5) is 5.00 Å². The van der Waals surface area contributed by atoms with Crippen molar-refractivity contribution in [2.75, 3.05) is 5.32 Å². The number of amides is 1.